The topological polar surface area (TPSA) is 359 Å². The molecule has 20 rings (SSSR count). The highest BCUT2D eigenvalue weighted by Gasteiger charge is 2.70. The highest BCUT2D eigenvalue weighted by atomic mass is 16.3. The third-order valence-electron chi connectivity index (χ3n) is 36.6. The summed E-state index contributed by atoms with van der Waals surface area (Å²) in [5.41, 5.74) is 9.45. The standard InChI is InChI=1S/C24H36N4O2.C24H35N3O3.C23H33N3O3.C22H31N3O3/c1-15-12-16-13-17(29)4-5-18(16)19-6-8-23(2)20(22(15)19)7-9-24(23,30)21-14-28(27-26-21)11-3-10-25;1-15-12-16-13-17(29)4-5-18(16)19-6-8-23(2)20(22(15)19)7-9-24(23,30)21-14-27(26-25-21)10-3-11-28;1-14-11-15-12-16(28)3-4-17(15)18-5-7-22(2)19(21(14)18)6-8-23(22,29)20-13-26(9-10-27)25-24-20;1-13-9-14-10-15(27)3-4-16(14)17-5-7-21(2)18(20(13)17)6-8-22(21,28)19-11-25(12-26)24-23-19/h13-15,18-20,22,30H,3-12,25H2,1-2H3;13-15,18-20,22,28,30H,3-12H2,1-2H3;12-14,17-19,21,27,29H,3-11H2,1-2H3;10-11,13,16-18,20,26,28H,3-9,12H2,1-2H3/t2*15-,18?,19?,20?,22?,23+,24-;14-,17?,18?,19?,21?,22+,23-;13-,16?,17?,18?,20?,21+,22-/m1111/s1. The number of allylic oxidation sites excluding steroid dienone is 4. The number of aliphatic hydroxyl groups excluding tert-OH is 3. The Hall–Kier alpha value is -6.12. The second kappa shape index (κ2) is 31.6. The molecular weight excluding hydrogens is 1480 g/mol. The number of carbonyl (C=O) groups is 4. The van der Waals surface area contributed by atoms with Crippen LogP contribution < -0.4 is 5.73 Å². The minimum Gasteiger partial charge on any atom is -0.396 e. The van der Waals surface area contributed by atoms with Crippen LogP contribution in [-0.2, 0) is 67.9 Å². The largest absolute Gasteiger partial charge is 0.396 e. The summed E-state index contributed by atoms with van der Waals surface area (Å²) in [7, 11) is 0. The van der Waals surface area contributed by atoms with Gasteiger partial charge in [-0.1, -0.05) is 98.5 Å². The van der Waals surface area contributed by atoms with Gasteiger partial charge in [0.15, 0.2) is 23.1 Å². The van der Waals surface area contributed by atoms with Crippen LogP contribution in [0.5, 0.6) is 0 Å². The summed E-state index contributed by atoms with van der Waals surface area (Å²) in [4.78, 5) is 47.9. The second-order valence-electron chi connectivity index (χ2n) is 41.7. The van der Waals surface area contributed by atoms with E-state index < -0.39 is 22.4 Å². The van der Waals surface area contributed by atoms with Crippen LogP contribution in [0.2, 0.25) is 0 Å². The number of aryl methyl sites for hydroxylation is 2. The molecule has 24 heteroatoms. The molecule has 12 fully saturated rings. The number of carbonyl (C=O) groups excluding carboxylic acids is 4. The number of rotatable bonds is 13. The molecule has 16 aliphatic carbocycles. The van der Waals surface area contributed by atoms with Crippen molar-refractivity contribution in [3.8, 4) is 0 Å². The van der Waals surface area contributed by atoms with Gasteiger partial charge >= 0.3 is 0 Å². The summed E-state index contributed by atoms with van der Waals surface area (Å²) >= 11 is 0. The Morgan fingerprint density at radius 3 is 0.880 bits per heavy atom. The van der Waals surface area contributed by atoms with E-state index in [-0.39, 0.29) is 41.6 Å². The number of hydrogen-bond donors (Lipinski definition) is 8. The predicted molar refractivity (Wildman–Crippen MR) is 437 cm³/mol. The average Bonchev–Trinajstić information content (AvgIpc) is 1.58. The highest BCUT2D eigenvalue weighted by Crippen LogP contribution is 2.73. The Labute approximate surface area is 691 Å². The zero-order chi connectivity index (χ0) is 82.3. The minimum absolute atomic E-state index is 0.0160. The number of nitrogens with zero attached hydrogens (tertiary/aromatic N) is 12. The summed E-state index contributed by atoms with van der Waals surface area (Å²) in [6.45, 7) is 20.9. The maximum absolute atomic E-state index is 12.0. The number of fused-ring (bicyclic) bond motifs is 20. The van der Waals surface area contributed by atoms with Crippen LogP contribution in [0.3, 0.4) is 0 Å². The zero-order valence-electron chi connectivity index (χ0n) is 71.0. The van der Waals surface area contributed by atoms with Gasteiger partial charge < -0.3 is 41.5 Å². The minimum atomic E-state index is -0.978. The van der Waals surface area contributed by atoms with E-state index in [4.69, 9.17) is 10.8 Å². The van der Waals surface area contributed by atoms with Gasteiger partial charge in [-0.15, -0.1) is 20.4 Å². The molecule has 638 valence electrons. The van der Waals surface area contributed by atoms with Crippen LogP contribution in [0.4, 0.5) is 0 Å². The molecule has 16 unspecified atom stereocenters. The van der Waals surface area contributed by atoms with E-state index in [1.165, 1.54) is 27.0 Å². The number of hydrogen-bond acceptors (Lipinski definition) is 20. The lowest BCUT2D eigenvalue weighted by molar-refractivity contribution is -0.134. The number of ketones is 4. The fourth-order valence-electron chi connectivity index (χ4n) is 31.0. The van der Waals surface area contributed by atoms with Gasteiger partial charge in [0.2, 0.25) is 0 Å². The highest BCUT2D eigenvalue weighted by molar-refractivity contribution is 5.93. The Morgan fingerprint density at radius 2 is 0.624 bits per heavy atom. The lowest BCUT2D eigenvalue weighted by Crippen LogP contribution is -2.53. The molecule has 0 aliphatic heterocycles. The molecule has 4 aromatic heterocycles. The van der Waals surface area contributed by atoms with Crippen molar-refractivity contribution in [1.82, 2.24) is 60.0 Å². The molecule has 4 aromatic rings. The SMILES string of the molecule is C[C@@H]1CC2=CC(=O)CCC2C2CC[C@@]3(C)C(CC[C@@]3(O)c3cn(CCCN)nn3)C21.C[C@@H]1CC2=CC(=O)CCC2C2CC[C@@]3(C)C(CC[C@@]3(O)c3cn(CCCO)nn3)C21.C[C@@H]1CC2=CC(=O)CCC2C2CC[C@@]3(C)C(CC[C@@]3(O)c3cn(CCO)nn3)C21.C[C@@H]1CC2=CC(=O)CCC2C2CC[C@@]3(C)C(CC[C@@]3(O)c3cn(CO)nn3)C21. The summed E-state index contributed by atoms with van der Waals surface area (Å²) in [5.74, 6) is 12.7. The molecule has 16 aliphatic rings. The van der Waals surface area contributed by atoms with Gasteiger partial charge in [-0.25, -0.2) is 9.36 Å². The van der Waals surface area contributed by atoms with Crippen molar-refractivity contribution in [2.75, 3.05) is 19.8 Å². The van der Waals surface area contributed by atoms with Crippen LogP contribution in [0.25, 0.3) is 0 Å². The van der Waals surface area contributed by atoms with Crippen molar-refractivity contribution in [3.05, 3.63) is 94.2 Å². The summed E-state index contributed by atoms with van der Waals surface area (Å²) in [6, 6.07) is 0. The molecule has 24 nitrogen and oxygen atoms in total. The molecule has 12 saturated carbocycles. The molecule has 0 bridgehead atoms. The van der Waals surface area contributed by atoms with Gasteiger partial charge in [0, 0.05) is 67.0 Å². The zero-order valence-corrected chi connectivity index (χ0v) is 71.0. The Bertz CT molecular complexity index is 4380. The number of aromatic nitrogens is 12. The molecular formula is C93H135N13O11. The van der Waals surface area contributed by atoms with Gasteiger partial charge in [-0.2, -0.15) is 0 Å². The molecule has 9 N–H and O–H groups in total. The molecule has 0 spiro atoms. The Balaban J connectivity index is 0.000000112. The lowest BCUT2D eigenvalue weighted by atomic mass is 9.48. The fraction of sp³-hybridized carbons (Fsp3) is 0.785. The lowest BCUT2D eigenvalue weighted by Gasteiger charge is -2.57. The van der Waals surface area contributed by atoms with E-state index in [1.807, 2.05) is 47.6 Å². The summed E-state index contributed by atoms with van der Waals surface area (Å²) < 4.78 is 6.61. The third kappa shape index (κ3) is 13.6. The van der Waals surface area contributed by atoms with E-state index in [9.17, 15) is 49.8 Å². The van der Waals surface area contributed by atoms with Crippen molar-refractivity contribution in [3.63, 3.8) is 0 Å². The van der Waals surface area contributed by atoms with Gasteiger partial charge in [-0.05, 0) is 316 Å². The van der Waals surface area contributed by atoms with Crippen molar-refractivity contribution in [2.45, 2.75) is 297 Å². The van der Waals surface area contributed by atoms with Gasteiger partial charge in [-0.3, -0.25) is 28.5 Å². The first-order chi connectivity index (χ1) is 56.0. The fourth-order valence-corrected chi connectivity index (χ4v) is 31.0. The van der Waals surface area contributed by atoms with E-state index in [1.54, 1.807) is 15.6 Å². The molecule has 0 aromatic carbocycles. The van der Waals surface area contributed by atoms with Crippen molar-refractivity contribution in [2.24, 2.45) is 146 Å². The Morgan fingerprint density at radius 1 is 0.359 bits per heavy atom. The van der Waals surface area contributed by atoms with Gasteiger partial charge in [0.05, 0.1) is 37.9 Å². The van der Waals surface area contributed by atoms with Crippen molar-refractivity contribution >= 4 is 23.1 Å². The maximum Gasteiger partial charge on any atom is 0.155 e. The molecule has 0 saturated heterocycles. The summed E-state index contributed by atoms with van der Waals surface area (Å²) in [6.07, 6.45) is 43.3. The van der Waals surface area contributed by atoms with Crippen LogP contribution in [0, 0.1) is 140 Å². The van der Waals surface area contributed by atoms with E-state index in [2.05, 4.69) is 96.6 Å². The molecule has 117 heavy (non-hydrogen) atoms. The number of aliphatic hydroxyl groups is 7. The van der Waals surface area contributed by atoms with Crippen molar-refractivity contribution < 1.29 is 54.9 Å². The third-order valence-corrected chi connectivity index (χ3v) is 36.6. The quantitative estimate of drug-likeness (QED) is 0.0616. The first-order valence-electron chi connectivity index (χ1n) is 46.0. The monoisotopic (exact) mass is 1610 g/mol. The summed E-state index contributed by atoms with van der Waals surface area (Å²) in [5, 5.41) is 109. The van der Waals surface area contributed by atoms with E-state index in [0.717, 1.165) is 166 Å². The van der Waals surface area contributed by atoms with Gasteiger partial charge in [0.25, 0.3) is 0 Å². The van der Waals surface area contributed by atoms with Gasteiger partial charge in [0.1, 0.15) is 51.9 Å². The van der Waals surface area contributed by atoms with Crippen LogP contribution in [0.1, 0.15) is 271 Å². The molecule has 28 atom stereocenters. The Kier molecular flexibility index (Phi) is 22.5. The number of nitrogens with two attached hydrogens (primary N) is 1. The smallest absolute Gasteiger partial charge is 0.155 e. The average molecular weight is 1610 g/mol. The normalized spacial score (nSPS) is 43.8. The van der Waals surface area contributed by atoms with E-state index >= 15 is 0 Å². The molecule has 4 heterocycles. The molecule has 0 radical (unpaired) electrons. The van der Waals surface area contributed by atoms with Crippen LogP contribution >= 0.6 is 0 Å². The predicted octanol–water partition coefficient (Wildman–Crippen LogP) is 12.1. The molecule has 0 amide bonds. The van der Waals surface area contributed by atoms with Crippen LogP contribution in [-0.4, -0.2) is 139 Å². The first-order valence-corrected chi connectivity index (χ1v) is 46.0. The van der Waals surface area contributed by atoms with E-state index in [0.29, 0.717) is 217 Å². The first kappa shape index (κ1) is 83.2. The van der Waals surface area contributed by atoms with Crippen molar-refractivity contribution in [1.29, 1.82) is 0 Å². The second-order valence-corrected chi connectivity index (χ2v) is 41.7. The maximum atomic E-state index is 12.0. The van der Waals surface area contributed by atoms with Crippen LogP contribution in [0.15, 0.2) is 71.4 Å².